The second-order valence-corrected chi connectivity index (χ2v) is 11.8. The van der Waals surface area contributed by atoms with Crippen molar-refractivity contribution in [2.75, 3.05) is 32.5 Å². The highest BCUT2D eigenvalue weighted by atomic mass is 35.5. The SMILES string of the molecule is COc1ccc2ncc(Cl)c([C@@H](N)CC[C@@H]3CCN(CCSc4cccs4)C[C@H]3CC(=O)O)c2c1. The van der Waals surface area contributed by atoms with E-state index in [-0.39, 0.29) is 18.4 Å². The van der Waals surface area contributed by atoms with E-state index in [9.17, 15) is 9.90 Å². The van der Waals surface area contributed by atoms with Crippen LogP contribution >= 0.6 is 34.7 Å². The van der Waals surface area contributed by atoms with Gasteiger partial charge in [-0.05, 0) is 72.9 Å². The summed E-state index contributed by atoms with van der Waals surface area (Å²) >= 11 is 10.2. The smallest absolute Gasteiger partial charge is 0.303 e. The van der Waals surface area contributed by atoms with Crippen molar-refractivity contribution >= 4 is 51.6 Å². The molecule has 0 unspecified atom stereocenters. The highest BCUT2D eigenvalue weighted by molar-refractivity contribution is 8.01. The molecular formula is C26H32ClN3O3S2. The van der Waals surface area contributed by atoms with Crippen LogP contribution in [0.15, 0.2) is 46.1 Å². The van der Waals surface area contributed by atoms with Gasteiger partial charge in [-0.1, -0.05) is 17.7 Å². The Morgan fingerprint density at radius 3 is 3.00 bits per heavy atom. The summed E-state index contributed by atoms with van der Waals surface area (Å²) in [6.07, 6.45) is 4.47. The minimum atomic E-state index is -0.727. The predicted octanol–water partition coefficient (Wildman–Crippen LogP) is 5.94. The molecule has 3 atom stereocenters. The third-order valence-corrected chi connectivity index (χ3v) is 9.26. The van der Waals surface area contributed by atoms with E-state index in [2.05, 4.69) is 27.4 Å². The van der Waals surface area contributed by atoms with Gasteiger partial charge >= 0.3 is 5.97 Å². The van der Waals surface area contributed by atoms with Gasteiger partial charge in [0.2, 0.25) is 0 Å². The summed E-state index contributed by atoms with van der Waals surface area (Å²) in [6.45, 7) is 2.80. The third-order valence-electron chi connectivity index (χ3n) is 6.85. The molecule has 4 rings (SSSR count). The predicted molar refractivity (Wildman–Crippen MR) is 145 cm³/mol. The number of likely N-dealkylation sites (tertiary alicyclic amines) is 1. The fourth-order valence-electron chi connectivity index (χ4n) is 5.03. The molecule has 0 amide bonds. The fraction of sp³-hybridized carbons (Fsp3) is 0.462. The summed E-state index contributed by atoms with van der Waals surface area (Å²) in [4.78, 5) is 18.5. The third kappa shape index (κ3) is 6.89. The van der Waals surface area contributed by atoms with Gasteiger partial charge in [-0.2, -0.15) is 0 Å². The number of rotatable bonds is 11. The number of fused-ring (bicyclic) bond motifs is 1. The average Bonchev–Trinajstić information content (AvgIpc) is 3.36. The van der Waals surface area contributed by atoms with Crippen molar-refractivity contribution in [2.24, 2.45) is 17.6 Å². The number of thiophene rings is 1. The van der Waals surface area contributed by atoms with Crippen LogP contribution in [0, 0.1) is 11.8 Å². The molecule has 0 aliphatic carbocycles. The number of aliphatic carboxylic acids is 1. The van der Waals surface area contributed by atoms with Crippen LogP contribution in [-0.2, 0) is 4.79 Å². The highest BCUT2D eigenvalue weighted by Crippen LogP contribution is 2.36. The maximum Gasteiger partial charge on any atom is 0.303 e. The van der Waals surface area contributed by atoms with E-state index in [1.807, 2.05) is 30.0 Å². The van der Waals surface area contributed by atoms with Crippen LogP contribution < -0.4 is 10.5 Å². The summed E-state index contributed by atoms with van der Waals surface area (Å²) in [5, 5.41) is 13.1. The first-order chi connectivity index (χ1) is 16.9. The van der Waals surface area contributed by atoms with Gasteiger partial charge in [0, 0.05) is 42.9 Å². The molecular weight excluding hydrogens is 502 g/mol. The summed E-state index contributed by atoms with van der Waals surface area (Å²) in [5.74, 6) is 1.49. The van der Waals surface area contributed by atoms with E-state index in [0.717, 1.165) is 66.9 Å². The molecule has 1 fully saturated rings. The summed E-state index contributed by atoms with van der Waals surface area (Å²) in [7, 11) is 1.63. The Kier molecular flexibility index (Phi) is 9.30. The molecule has 2 aromatic heterocycles. The Hall–Kier alpha value is -1.84. The van der Waals surface area contributed by atoms with Gasteiger partial charge in [-0.25, -0.2) is 0 Å². The lowest BCUT2D eigenvalue weighted by molar-refractivity contribution is -0.139. The molecule has 0 spiro atoms. The number of benzene rings is 1. The lowest BCUT2D eigenvalue weighted by Crippen LogP contribution is -2.42. The van der Waals surface area contributed by atoms with Crippen LogP contribution in [0.3, 0.4) is 0 Å². The standard InChI is InChI=1S/C26H32ClN3O3S2/c1-33-19-5-7-23-20(14-19)26(21(27)15-29-23)22(28)6-4-17-8-9-30(16-18(17)13-24(31)32)10-12-35-25-3-2-11-34-25/h2-3,5,7,11,14-15,17-18,22H,4,6,8-10,12-13,16,28H2,1H3,(H,31,32)/t17-,18-,22+/m1/s1. The van der Waals surface area contributed by atoms with Crippen molar-refractivity contribution < 1.29 is 14.6 Å². The molecule has 1 aliphatic rings. The van der Waals surface area contributed by atoms with Gasteiger partial charge in [-0.15, -0.1) is 23.1 Å². The topological polar surface area (TPSA) is 88.7 Å². The van der Waals surface area contributed by atoms with Gasteiger partial charge in [0.25, 0.3) is 0 Å². The Morgan fingerprint density at radius 2 is 2.26 bits per heavy atom. The minimum Gasteiger partial charge on any atom is -0.497 e. The van der Waals surface area contributed by atoms with Crippen LogP contribution in [0.5, 0.6) is 5.75 Å². The quantitative estimate of drug-likeness (QED) is 0.295. The number of carboxylic acid groups (broad SMARTS) is 1. The van der Waals surface area contributed by atoms with Crippen molar-refractivity contribution in [1.82, 2.24) is 9.88 Å². The van der Waals surface area contributed by atoms with Gasteiger partial charge in [-0.3, -0.25) is 9.78 Å². The average molecular weight is 534 g/mol. The number of thioether (sulfide) groups is 1. The monoisotopic (exact) mass is 533 g/mol. The number of ether oxygens (including phenoxy) is 1. The molecule has 0 saturated carbocycles. The molecule has 1 saturated heterocycles. The summed E-state index contributed by atoms with van der Waals surface area (Å²) in [5.41, 5.74) is 8.39. The molecule has 35 heavy (non-hydrogen) atoms. The number of carboxylic acids is 1. The molecule has 188 valence electrons. The number of nitrogens with zero attached hydrogens (tertiary/aromatic N) is 2. The van der Waals surface area contributed by atoms with Gasteiger partial charge in [0.05, 0.1) is 21.9 Å². The number of aromatic nitrogens is 1. The van der Waals surface area contributed by atoms with E-state index in [4.69, 9.17) is 22.1 Å². The van der Waals surface area contributed by atoms with Crippen molar-refractivity contribution in [2.45, 2.75) is 35.9 Å². The molecule has 0 radical (unpaired) electrons. The lowest BCUT2D eigenvalue weighted by atomic mass is 9.79. The molecule has 1 aromatic carbocycles. The number of carbonyl (C=O) groups is 1. The number of halogens is 1. The summed E-state index contributed by atoms with van der Waals surface area (Å²) in [6, 6.07) is 9.68. The van der Waals surface area contributed by atoms with Crippen LogP contribution in [0.1, 0.15) is 37.3 Å². The molecule has 3 aromatic rings. The number of piperidine rings is 1. The molecule has 1 aliphatic heterocycles. The zero-order valence-electron chi connectivity index (χ0n) is 19.9. The highest BCUT2D eigenvalue weighted by Gasteiger charge is 2.31. The maximum absolute atomic E-state index is 11.6. The van der Waals surface area contributed by atoms with Gasteiger partial charge in [0.15, 0.2) is 0 Å². The number of nitrogens with two attached hydrogens (primary N) is 1. The Bertz CT molecular complexity index is 1130. The molecule has 6 nitrogen and oxygen atoms in total. The van der Waals surface area contributed by atoms with E-state index in [0.29, 0.717) is 10.9 Å². The van der Waals surface area contributed by atoms with Crippen molar-refractivity contribution in [1.29, 1.82) is 0 Å². The molecule has 3 N–H and O–H groups in total. The van der Waals surface area contributed by atoms with Gasteiger partial charge < -0.3 is 20.5 Å². The number of methoxy groups -OCH3 is 1. The van der Waals surface area contributed by atoms with Crippen LogP contribution in [0.2, 0.25) is 5.02 Å². The number of hydrogen-bond acceptors (Lipinski definition) is 7. The van der Waals surface area contributed by atoms with Gasteiger partial charge in [0.1, 0.15) is 5.75 Å². The number of pyridine rings is 1. The molecule has 0 bridgehead atoms. The normalized spacial score (nSPS) is 19.6. The van der Waals surface area contributed by atoms with Crippen molar-refractivity contribution in [3.8, 4) is 5.75 Å². The zero-order chi connectivity index (χ0) is 24.8. The minimum absolute atomic E-state index is 0.130. The molecule has 3 heterocycles. The fourth-order valence-corrected chi connectivity index (χ4v) is 7.18. The van der Waals surface area contributed by atoms with Crippen molar-refractivity contribution in [3.05, 3.63) is 52.5 Å². The first kappa shape index (κ1) is 26.2. The van der Waals surface area contributed by atoms with Crippen LogP contribution in [0.4, 0.5) is 0 Å². The summed E-state index contributed by atoms with van der Waals surface area (Å²) < 4.78 is 6.72. The maximum atomic E-state index is 11.6. The Morgan fingerprint density at radius 1 is 1.40 bits per heavy atom. The first-order valence-electron chi connectivity index (χ1n) is 11.9. The lowest BCUT2D eigenvalue weighted by Gasteiger charge is -2.38. The second-order valence-electron chi connectivity index (χ2n) is 9.07. The van der Waals surface area contributed by atoms with E-state index in [1.165, 1.54) is 4.21 Å². The van der Waals surface area contributed by atoms with E-state index in [1.54, 1.807) is 24.6 Å². The van der Waals surface area contributed by atoms with E-state index >= 15 is 0 Å². The van der Waals surface area contributed by atoms with E-state index < -0.39 is 5.97 Å². The van der Waals surface area contributed by atoms with Crippen molar-refractivity contribution in [3.63, 3.8) is 0 Å². The number of hydrogen-bond donors (Lipinski definition) is 2. The zero-order valence-corrected chi connectivity index (χ0v) is 22.2. The Labute approximate surface area is 219 Å². The largest absolute Gasteiger partial charge is 0.497 e. The van der Waals surface area contributed by atoms with Crippen LogP contribution in [0.25, 0.3) is 10.9 Å². The molecule has 9 heteroatoms. The van der Waals surface area contributed by atoms with Crippen LogP contribution in [-0.4, -0.2) is 53.5 Å². The first-order valence-corrected chi connectivity index (χ1v) is 14.2. The Balaban J connectivity index is 1.39. The second kappa shape index (κ2) is 12.4.